The lowest BCUT2D eigenvalue weighted by Crippen LogP contribution is -2.06. The first-order chi connectivity index (χ1) is 10.2. The molecule has 2 heterocycles. The van der Waals surface area contributed by atoms with Gasteiger partial charge in [-0.05, 0) is 18.2 Å². The number of rotatable bonds is 4. The molecule has 21 heavy (non-hydrogen) atoms. The van der Waals surface area contributed by atoms with Crippen LogP contribution in [0.1, 0.15) is 16.2 Å². The van der Waals surface area contributed by atoms with Crippen molar-refractivity contribution in [2.24, 2.45) is 7.05 Å². The number of aromatic carboxylic acids is 1. The molecule has 0 fully saturated rings. The third-order valence-electron chi connectivity index (χ3n) is 3.17. The van der Waals surface area contributed by atoms with Gasteiger partial charge < -0.3 is 9.84 Å². The highest BCUT2D eigenvalue weighted by Crippen LogP contribution is 2.21. The summed E-state index contributed by atoms with van der Waals surface area (Å²) in [6, 6.07) is 11.0. The minimum atomic E-state index is -1.11. The van der Waals surface area contributed by atoms with E-state index in [0.29, 0.717) is 0 Å². The molecule has 1 aromatic carbocycles. The van der Waals surface area contributed by atoms with Gasteiger partial charge in [-0.1, -0.05) is 18.2 Å². The number of carboxylic acid groups (broad SMARTS) is 1. The van der Waals surface area contributed by atoms with E-state index in [1.165, 1.54) is 6.20 Å². The Morgan fingerprint density at radius 3 is 2.90 bits per heavy atom. The standard InChI is InChI=1S/C15H13N3O3/c1-18-12-6-3-2-5-10(12)11(17-18)9-21-13-7-4-8-16-14(13)15(19)20/h2-8H,9H2,1H3,(H,19,20). The fourth-order valence-corrected chi connectivity index (χ4v) is 2.21. The zero-order valence-electron chi connectivity index (χ0n) is 11.4. The Morgan fingerprint density at radius 1 is 1.29 bits per heavy atom. The van der Waals surface area contributed by atoms with Gasteiger partial charge in [0.15, 0.2) is 11.4 Å². The molecule has 3 aromatic rings. The third kappa shape index (κ3) is 2.43. The highest BCUT2D eigenvalue weighted by atomic mass is 16.5. The molecule has 6 nitrogen and oxygen atoms in total. The lowest BCUT2D eigenvalue weighted by Gasteiger charge is -2.06. The Hall–Kier alpha value is -2.89. The van der Waals surface area contributed by atoms with Crippen LogP contribution < -0.4 is 4.74 Å². The monoisotopic (exact) mass is 283 g/mol. The first-order valence-corrected chi connectivity index (χ1v) is 6.38. The van der Waals surface area contributed by atoms with Crippen molar-refractivity contribution in [1.29, 1.82) is 0 Å². The number of nitrogens with zero attached hydrogens (tertiary/aromatic N) is 3. The molecule has 0 aliphatic heterocycles. The number of para-hydroxylation sites is 1. The van der Waals surface area contributed by atoms with Gasteiger partial charge in [-0.25, -0.2) is 9.78 Å². The maximum atomic E-state index is 11.1. The molecule has 1 N–H and O–H groups in total. The highest BCUT2D eigenvalue weighted by Gasteiger charge is 2.14. The second-order valence-electron chi connectivity index (χ2n) is 4.53. The SMILES string of the molecule is Cn1nc(COc2cccnc2C(=O)O)c2ccccc21. The van der Waals surface area contributed by atoms with E-state index < -0.39 is 5.97 Å². The summed E-state index contributed by atoms with van der Waals surface area (Å²) in [4.78, 5) is 14.9. The third-order valence-corrected chi connectivity index (χ3v) is 3.17. The number of aryl methyl sites for hydroxylation is 1. The fourth-order valence-electron chi connectivity index (χ4n) is 2.21. The molecule has 0 atom stereocenters. The summed E-state index contributed by atoms with van der Waals surface area (Å²) in [6.45, 7) is 0.188. The number of pyridine rings is 1. The first-order valence-electron chi connectivity index (χ1n) is 6.38. The van der Waals surface area contributed by atoms with E-state index in [1.807, 2.05) is 31.3 Å². The van der Waals surface area contributed by atoms with Crippen LogP contribution in [-0.2, 0) is 13.7 Å². The molecular formula is C15H13N3O3. The maximum Gasteiger partial charge on any atom is 0.358 e. The number of hydrogen-bond donors (Lipinski definition) is 1. The van der Waals surface area contributed by atoms with Crippen LogP contribution in [0.25, 0.3) is 10.9 Å². The van der Waals surface area contributed by atoms with Gasteiger partial charge in [-0.2, -0.15) is 5.10 Å². The maximum absolute atomic E-state index is 11.1. The van der Waals surface area contributed by atoms with Gasteiger partial charge in [0, 0.05) is 18.6 Å². The van der Waals surface area contributed by atoms with Crippen molar-refractivity contribution in [2.75, 3.05) is 0 Å². The van der Waals surface area contributed by atoms with Gasteiger partial charge in [0.2, 0.25) is 0 Å². The van der Waals surface area contributed by atoms with Crippen molar-refractivity contribution in [3.63, 3.8) is 0 Å². The van der Waals surface area contributed by atoms with Crippen molar-refractivity contribution in [3.05, 3.63) is 54.0 Å². The van der Waals surface area contributed by atoms with Gasteiger partial charge >= 0.3 is 5.97 Å². The van der Waals surface area contributed by atoms with E-state index >= 15 is 0 Å². The molecule has 0 bridgehead atoms. The van der Waals surface area contributed by atoms with Crippen molar-refractivity contribution >= 4 is 16.9 Å². The number of fused-ring (bicyclic) bond motifs is 1. The van der Waals surface area contributed by atoms with Gasteiger partial charge in [0.25, 0.3) is 0 Å². The number of aromatic nitrogens is 3. The molecule has 6 heteroatoms. The molecule has 0 unspecified atom stereocenters. The van der Waals surface area contributed by atoms with E-state index in [2.05, 4.69) is 10.1 Å². The Morgan fingerprint density at radius 2 is 2.10 bits per heavy atom. The minimum absolute atomic E-state index is 0.0993. The van der Waals surface area contributed by atoms with E-state index in [9.17, 15) is 4.79 Å². The molecule has 0 amide bonds. The zero-order chi connectivity index (χ0) is 14.8. The smallest absolute Gasteiger partial charge is 0.358 e. The second-order valence-corrected chi connectivity index (χ2v) is 4.53. The van der Waals surface area contributed by atoms with Crippen molar-refractivity contribution in [1.82, 2.24) is 14.8 Å². The number of ether oxygens (including phenoxy) is 1. The average molecular weight is 283 g/mol. The Bertz CT molecular complexity index is 811. The Balaban J connectivity index is 1.89. The summed E-state index contributed by atoms with van der Waals surface area (Å²) in [5.74, 6) is -0.879. The summed E-state index contributed by atoms with van der Waals surface area (Å²) in [5.41, 5.74) is 1.66. The summed E-state index contributed by atoms with van der Waals surface area (Å²) < 4.78 is 7.36. The van der Waals surface area contributed by atoms with Gasteiger partial charge in [0.05, 0.1) is 5.52 Å². The van der Waals surface area contributed by atoms with Crippen LogP contribution in [0.15, 0.2) is 42.6 Å². The highest BCUT2D eigenvalue weighted by molar-refractivity contribution is 5.88. The van der Waals surface area contributed by atoms with Crippen LogP contribution in [-0.4, -0.2) is 25.8 Å². The molecule has 0 saturated carbocycles. The molecular weight excluding hydrogens is 270 g/mol. The average Bonchev–Trinajstić information content (AvgIpc) is 2.82. The summed E-state index contributed by atoms with van der Waals surface area (Å²) in [5, 5.41) is 14.5. The second kappa shape index (κ2) is 5.24. The fraction of sp³-hybridized carbons (Fsp3) is 0.133. The molecule has 0 saturated heterocycles. The summed E-state index contributed by atoms with van der Waals surface area (Å²) >= 11 is 0. The van der Waals surface area contributed by atoms with Crippen LogP contribution >= 0.6 is 0 Å². The van der Waals surface area contributed by atoms with Crippen molar-refractivity contribution in [2.45, 2.75) is 6.61 Å². The van der Waals surface area contributed by atoms with Crippen molar-refractivity contribution in [3.8, 4) is 5.75 Å². The van der Waals surface area contributed by atoms with Gasteiger partial charge in [0.1, 0.15) is 12.3 Å². The number of benzene rings is 1. The predicted molar refractivity (Wildman–Crippen MR) is 76.2 cm³/mol. The minimum Gasteiger partial charge on any atom is -0.485 e. The van der Waals surface area contributed by atoms with Gasteiger partial charge in [-0.15, -0.1) is 0 Å². The molecule has 0 aliphatic rings. The van der Waals surface area contributed by atoms with Gasteiger partial charge in [-0.3, -0.25) is 4.68 Å². The molecule has 2 aromatic heterocycles. The molecule has 0 aliphatic carbocycles. The summed E-state index contributed by atoms with van der Waals surface area (Å²) in [6.07, 6.45) is 1.42. The van der Waals surface area contributed by atoms with E-state index in [4.69, 9.17) is 9.84 Å². The van der Waals surface area contributed by atoms with Crippen LogP contribution in [0.4, 0.5) is 0 Å². The Kier molecular flexibility index (Phi) is 3.27. The van der Waals surface area contributed by atoms with E-state index in [1.54, 1.807) is 16.8 Å². The zero-order valence-corrected chi connectivity index (χ0v) is 11.4. The topological polar surface area (TPSA) is 77.2 Å². The quantitative estimate of drug-likeness (QED) is 0.794. The van der Waals surface area contributed by atoms with E-state index in [0.717, 1.165) is 16.6 Å². The molecule has 0 radical (unpaired) electrons. The normalized spacial score (nSPS) is 10.7. The van der Waals surface area contributed by atoms with Crippen LogP contribution in [0.3, 0.4) is 0 Å². The lowest BCUT2D eigenvalue weighted by molar-refractivity contribution is 0.0684. The number of hydrogen-bond acceptors (Lipinski definition) is 4. The largest absolute Gasteiger partial charge is 0.485 e. The molecule has 106 valence electrons. The lowest BCUT2D eigenvalue weighted by atomic mass is 10.2. The van der Waals surface area contributed by atoms with Crippen LogP contribution in [0, 0.1) is 0 Å². The van der Waals surface area contributed by atoms with E-state index in [-0.39, 0.29) is 18.1 Å². The van der Waals surface area contributed by atoms with Crippen LogP contribution in [0.5, 0.6) is 5.75 Å². The number of carbonyl (C=O) groups is 1. The predicted octanol–water partition coefficient (Wildman–Crippen LogP) is 2.25. The molecule has 3 rings (SSSR count). The first kappa shape index (κ1) is 13.1. The van der Waals surface area contributed by atoms with Crippen LogP contribution in [0.2, 0.25) is 0 Å². The number of carboxylic acids is 1. The Labute approximate surface area is 120 Å². The molecule has 0 spiro atoms. The van der Waals surface area contributed by atoms with Crippen molar-refractivity contribution < 1.29 is 14.6 Å². The summed E-state index contributed by atoms with van der Waals surface area (Å²) in [7, 11) is 1.86.